The topological polar surface area (TPSA) is 36.9 Å². The average molecular weight is 254 g/mol. The second kappa shape index (κ2) is 5.78. The predicted octanol–water partition coefficient (Wildman–Crippen LogP) is 2.23. The molecule has 0 radical (unpaired) electrons. The molecule has 0 unspecified atom stereocenters. The van der Waals surface area contributed by atoms with Gasteiger partial charge in [-0.05, 0) is 57.5 Å². The van der Waals surface area contributed by atoms with E-state index in [-0.39, 0.29) is 0 Å². The van der Waals surface area contributed by atoms with Crippen molar-refractivity contribution in [1.82, 2.24) is 19.7 Å². The van der Waals surface area contributed by atoms with Crippen molar-refractivity contribution in [2.24, 2.45) is 5.92 Å². The fraction of sp³-hybridized carbons (Fsp3) is 0.833. The number of hydrogen-bond acceptors (Lipinski definition) is 3. The standard InChI is InChI=1S/C12H22N4S/c1-3-4-11-13-14-12(17)16(11)9-10-5-7-15(2)8-6-10/h10H,3-9H2,1-2H3,(H,14,17). The highest BCUT2D eigenvalue weighted by Crippen LogP contribution is 2.19. The first-order chi connectivity index (χ1) is 8.20. The van der Waals surface area contributed by atoms with Gasteiger partial charge in [-0.2, -0.15) is 5.10 Å². The number of piperidine rings is 1. The van der Waals surface area contributed by atoms with Crippen molar-refractivity contribution in [3.05, 3.63) is 10.6 Å². The van der Waals surface area contributed by atoms with E-state index >= 15 is 0 Å². The first-order valence-electron chi connectivity index (χ1n) is 6.53. The molecule has 0 bridgehead atoms. The Kier molecular flexibility index (Phi) is 4.34. The van der Waals surface area contributed by atoms with E-state index < -0.39 is 0 Å². The summed E-state index contributed by atoms with van der Waals surface area (Å²) < 4.78 is 2.99. The Labute approximate surface area is 108 Å². The molecule has 1 aliphatic rings. The van der Waals surface area contributed by atoms with E-state index in [4.69, 9.17) is 12.2 Å². The maximum Gasteiger partial charge on any atom is 0.195 e. The Hall–Kier alpha value is -0.680. The third kappa shape index (κ3) is 3.16. The highest BCUT2D eigenvalue weighted by atomic mass is 32.1. The van der Waals surface area contributed by atoms with E-state index in [1.54, 1.807) is 0 Å². The van der Waals surface area contributed by atoms with Gasteiger partial charge in [0.05, 0.1) is 0 Å². The van der Waals surface area contributed by atoms with E-state index in [2.05, 4.69) is 33.6 Å². The molecule has 0 atom stereocenters. The summed E-state index contributed by atoms with van der Waals surface area (Å²) in [6.07, 6.45) is 4.68. The molecule has 1 aromatic rings. The van der Waals surface area contributed by atoms with Crippen LogP contribution in [0.25, 0.3) is 0 Å². The molecular formula is C12H22N4S. The normalized spacial score (nSPS) is 18.7. The minimum atomic E-state index is 0.756. The molecule has 5 heteroatoms. The SMILES string of the molecule is CCCc1n[nH]c(=S)n1CC1CCN(C)CC1. The number of aromatic amines is 1. The van der Waals surface area contributed by atoms with E-state index in [9.17, 15) is 0 Å². The maximum atomic E-state index is 5.31. The Bertz CT molecular complexity index is 401. The lowest BCUT2D eigenvalue weighted by Crippen LogP contribution is -2.32. The van der Waals surface area contributed by atoms with Gasteiger partial charge in [0.25, 0.3) is 0 Å². The molecule has 0 aliphatic carbocycles. The van der Waals surface area contributed by atoms with Gasteiger partial charge in [0, 0.05) is 13.0 Å². The van der Waals surface area contributed by atoms with Crippen molar-refractivity contribution in [3.63, 3.8) is 0 Å². The molecule has 1 fully saturated rings. The van der Waals surface area contributed by atoms with Crippen molar-refractivity contribution >= 4 is 12.2 Å². The minimum Gasteiger partial charge on any atom is -0.306 e. The second-order valence-electron chi connectivity index (χ2n) is 5.05. The van der Waals surface area contributed by atoms with Crippen LogP contribution in [0.15, 0.2) is 0 Å². The van der Waals surface area contributed by atoms with Crippen molar-refractivity contribution in [2.45, 2.75) is 39.2 Å². The van der Waals surface area contributed by atoms with Crippen LogP contribution in [0.2, 0.25) is 0 Å². The van der Waals surface area contributed by atoms with Gasteiger partial charge in [-0.1, -0.05) is 6.92 Å². The summed E-state index contributed by atoms with van der Waals surface area (Å²) in [5.41, 5.74) is 0. The zero-order chi connectivity index (χ0) is 12.3. The Morgan fingerprint density at radius 2 is 2.12 bits per heavy atom. The molecule has 2 rings (SSSR count). The quantitative estimate of drug-likeness (QED) is 0.837. The van der Waals surface area contributed by atoms with Gasteiger partial charge in [-0.25, -0.2) is 0 Å². The van der Waals surface area contributed by atoms with E-state index in [1.807, 2.05) is 0 Å². The van der Waals surface area contributed by atoms with Gasteiger partial charge in [-0.15, -0.1) is 0 Å². The first kappa shape index (κ1) is 12.8. The number of aromatic nitrogens is 3. The molecular weight excluding hydrogens is 232 g/mol. The molecule has 0 aromatic carbocycles. The van der Waals surface area contributed by atoms with Crippen LogP contribution in [0.1, 0.15) is 32.0 Å². The van der Waals surface area contributed by atoms with Gasteiger partial charge in [-0.3, -0.25) is 5.10 Å². The summed E-state index contributed by atoms with van der Waals surface area (Å²) in [6.45, 7) is 5.63. The number of H-pyrrole nitrogens is 1. The van der Waals surface area contributed by atoms with Gasteiger partial charge in [0.2, 0.25) is 0 Å². The van der Waals surface area contributed by atoms with E-state index in [0.717, 1.165) is 35.9 Å². The predicted molar refractivity (Wildman–Crippen MR) is 71.6 cm³/mol. The van der Waals surface area contributed by atoms with Crippen molar-refractivity contribution < 1.29 is 0 Å². The van der Waals surface area contributed by atoms with Crippen LogP contribution >= 0.6 is 12.2 Å². The number of likely N-dealkylation sites (tertiary alicyclic amines) is 1. The lowest BCUT2D eigenvalue weighted by atomic mass is 9.97. The molecule has 1 saturated heterocycles. The second-order valence-corrected chi connectivity index (χ2v) is 5.44. The van der Waals surface area contributed by atoms with Gasteiger partial charge in [0.1, 0.15) is 5.82 Å². The summed E-state index contributed by atoms with van der Waals surface area (Å²) in [7, 11) is 2.20. The van der Waals surface area contributed by atoms with Gasteiger partial charge >= 0.3 is 0 Å². The molecule has 1 aliphatic heterocycles. The van der Waals surface area contributed by atoms with Crippen LogP contribution < -0.4 is 0 Å². The highest BCUT2D eigenvalue weighted by molar-refractivity contribution is 7.71. The highest BCUT2D eigenvalue weighted by Gasteiger charge is 2.18. The van der Waals surface area contributed by atoms with E-state index in [0.29, 0.717) is 0 Å². The molecule has 96 valence electrons. The van der Waals surface area contributed by atoms with E-state index in [1.165, 1.54) is 25.9 Å². The summed E-state index contributed by atoms with van der Waals surface area (Å²) in [5, 5.41) is 7.25. The molecule has 2 heterocycles. The molecule has 1 aromatic heterocycles. The zero-order valence-electron chi connectivity index (χ0n) is 10.8. The maximum absolute atomic E-state index is 5.31. The Morgan fingerprint density at radius 1 is 1.41 bits per heavy atom. The minimum absolute atomic E-state index is 0.756. The Balaban J connectivity index is 2.02. The Morgan fingerprint density at radius 3 is 2.76 bits per heavy atom. The van der Waals surface area contributed by atoms with Crippen LogP contribution in [-0.4, -0.2) is 39.8 Å². The van der Waals surface area contributed by atoms with Crippen molar-refractivity contribution in [3.8, 4) is 0 Å². The summed E-state index contributed by atoms with van der Waals surface area (Å²) in [6, 6.07) is 0. The number of rotatable bonds is 4. The molecule has 0 spiro atoms. The lowest BCUT2D eigenvalue weighted by Gasteiger charge is -2.29. The fourth-order valence-corrected chi connectivity index (χ4v) is 2.68. The van der Waals surface area contributed by atoms with Gasteiger partial charge in [0.15, 0.2) is 4.77 Å². The third-order valence-corrected chi connectivity index (χ3v) is 3.90. The van der Waals surface area contributed by atoms with Crippen molar-refractivity contribution in [1.29, 1.82) is 0 Å². The fourth-order valence-electron chi connectivity index (χ4n) is 2.46. The molecule has 17 heavy (non-hydrogen) atoms. The molecule has 0 amide bonds. The summed E-state index contributed by atoms with van der Waals surface area (Å²) in [5.74, 6) is 1.88. The van der Waals surface area contributed by atoms with Crippen LogP contribution in [0.5, 0.6) is 0 Å². The molecule has 0 saturated carbocycles. The van der Waals surface area contributed by atoms with Crippen LogP contribution in [-0.2, 0) is 13.0 Å². The van der Waals surface area contributed by atoms with Crippen LogP contribution in [0, 0.1) is 10.7 Å². The van der Waals surface area contributed by atoms with Crippen molar-refractivity contribution in [2.75, 3.05) is 20.1 Å². The smallest absolute Gasteiger partial charge is 0.195 e. The molecule has 4 nitrogen and oxygen atoms in total. The van der Waals surface area contributed by atoms with Crippen LogP contribution in [0.3, 0.4) is 0 Å². The summed E-state index contributed by atoms with van der Waals surface area (Å²) >= 11 is 5.31. The number of nitrogens with zero attached hydrogens (tertiary/aromatic N) is 3. The van der Waals surface area contributed by atoms with Gasteiger partial charge < -0.3 is 9.47 Å². The zero-order valence-corrected chi connectivity index (χ0v) is 11.6. The summed E-state index contributed by atoms with van der Waals surface area (Å²) in [4.78, 5) is 2.40. The van der Waals surface area contributed by atoms with Crippen LogP contribution in [0.4, 0.5) is 0 Å². The first-order valence-corrected chi connectivity index (χ1v) is 6.94. The lowest BCUT2D eigenvalue weighted by molar-refractivity contribution is 0.203. The number of hydrogen-bond donors (Lipinski definition) is 1. The monoisotopic (exact) mass is 254 g/mol. The number of aryl methyl sites for hydroxylation is 1. The third-order valence-electron chi connectivity index (χ3n) is 3.59. The average Bonchev–Trinajstić information content (AvgIpc) is 2.65. The largest absolute Gasteiger partial charge is 0.306 e. The number of nitrogens with one attached hydrogen (secondary N) is 1. The molecule has 1 N–H and O–H groups in total.